The third-order valence-electron chi connectivity index (χ3n) is 4.75. The van der Waals surface area contributed by atoms with Crippen molar-refractivity contribution >= 4 is 5.91 Å². The largest absolute Gasteiger partial charge is 0.489 e. The first-order valence-corrected chi connectivity index (χ1v) is 8.56. The van der Waals surface area contributed by atoms with E-state index in [0.29, 0.717) is 17.9 Å². The molecule has 0 bridgehead atoms. The first-order chi connectivity index (χ1) is 11.7. The van der Waals surface area contributed by atoms with Gasteiger partial charge in [0.15, 0.2) is 5.72 Å². The quantitative estimate of drug-likeness (QED) is 0.927. The molecule has 124 valence electrons. The monoisotopic (exact) mass is 323 g/mol. The van der Waals surface area contributed by atoms with Crippen LogP contribution in [0.1, 0.15) is 48.0 Å². The van der Waals surface area contributed by atoms with E-state index in [-0.39, 0.29) is 5.91 Å². The van der Waals surface area contributed by atoms with Crippen LogP contribution in [0.3, 0.4) is 0 Å². The second-order valence-corrected chi connectivity index (χ2v) is 6.54. The maximum Gasteiger partial charge on any atom is 0.258 e. The molecule has 4 rings (SSSR count). The summed E-state index contributed by atoms with van der Waals surface area (Å²) < 4.78 is 12.1. The molecule has 0 radical (unpaired) electrons. The predicted octanol–water partition coefficient (Wildman–Crippen LogP) is 4.05. The number of carbonyl (C=O) groups is 1. The molecule has 2 aromatic carbocycles. The van der Waals surface area contributed by atoms with Crippen LogP contribution in [0.2, 0.25) is 0 Å². The van der Waals surface area contributed by atoms with Crippen LogP contribution in [0, 0.1) is 0 Å². The minimum Gasteiger partial charge on any atom is -0.489 e. The number of hydrogen-bond donors (Lipinski definition) is 1. The number of benzene rings is 2. The standard InChI is InChI=1S/C20H21NO3/c22-19-17-10-9-16(23-14-15-7-3-1-4-8-15)13-18(17)24-20(21-19)11-5-2-6-12-20/h1,3-4,7-10,13H,2,5-6,11-12,14H2,(H,21,22). The summed E-state index contributed by atoms with van der Waals surface area (Å²) in [5.41, 5.74) is 1.16. The Morgan fingerprint density at radius 1 is 1.04 bits per heavy atom. The average Bonchev–Trinajstić information content (AvgIpc) is 2.61. The highest BCUT2D eigenvalue weighted by molar-refractivity contribution is 5.98. The highest BCUT2D eigenvalue weighted by Gasteiger charge is 2.40. The van der Waals surface area contributed by atoms with Crippen molar-refractivity contribution in [2.24, 2.45) is 0 Å². The van der Waals surface area contributed by atoms with Gasteiger partial charge < -0.3 is 14.8 Å². The average molecular weight is 323 g/mol. The third-order valence-corrected chi connectivity index (χ3v) is 4.75. The normalized spacial score (nSPS) is 18.4. The molecule has 1 aliphatic carbocycles. The fraction of sp³-hybridized carbons (Fsp3) is 0.350. The van der Waals surface area contributed by atoms with E-state index in [2.05, 4.69) is 5.32 Å². The van der Waals surface area contributed by atoms with E-state index in [1.807, 2.05) is 42.5 Å². The highest BCUT2D eigenvalue weighted by atomic mass is 16.5. The SMILES string of the molecule is O=C1NC2(CCCCC2)Oc2cc(OCc3ccccc3)ccc21. The van der Waals surface area contributed by atoms with Gasteiger partial charge in [0.05, 0.1) is 5.56 Å². The van der Waals surface area contributed by atoms with Crippen LogP contribution in [-0.4, -0.2) is 11.6 Å². The van der Waals surface area contributed by atoms with Crippen LogP contribution in [0.15, 0.2) is 48.5 Å². The lowest BCUT2D eigenvalue weighted by Crippen LogP contribution is -2.56. The lowest BCUT2D eigenvalue weighted by atomic mass is 9.90. The molecule has 1 saturated carbocycles. The summed E-state index contributed by atoms with van der Waals surface area (Å²) in [5, 5.41) is 3.06. The Kier molecular flexibility index (Phi) is 3.89. The van der Waals surface area contributed by atoms with E-state index in [9.17, 15) is 4.79 Å². The first kappa shape index (κ1) is 15.1. The van der Waals surface area contributed by atoms with Crippen LogP contribution >= 0.6 is 0 Å². The van der Waals surface area contributed by atoms with Gasteiger partial charge in [0.2, 0.25) is 0 Å². The summed E-state index contributed by atoms with van der Waals surface area (Å²) in [4.78, 5) is 12.4. The molecule has 0 unspecified atom stereocenters. The van der Waals surface area contributed by atoms with E-state index in [4.69, 9.17) is 9.47 Å². The number of nitrogens with one attached hydrogen (secondary N) is 1. The Bertz CT molecular complexity index is 736. The second-order valence-electron chi connectivity index (χ2n) is 6.54. The van der Waals surface area contributed by atoms with Crippen LogP contribution in [-0.2, 0) is 6.61 Å². The van der Waals surface area contributed by atoms with Gasteiger partial charge in [0.1, 0.15) is 18.1 Å². The number of rotatable bonds is 3. The van der Waals surface area contributed by atoms with Crippen molar-refractivity contribution in [3.63, 3.8) is 0 Å². The maximum atomic E-state index is 12.4. The van der Waals surface area contributed by atoms with E-state index in [1.54, 1.807) is 6.07 Å². The van der Waals surface area contributed by atoms with Gasteiger partial charge in [-0.2, -0.15) is 0 Å². The van der Waals surface area contributed by atoms with Gasteiger partial charge in [0, 0.05) is 18.9 Å². The molecule has 1 aliphatic heterocycles. The summed E-state index contributed by atoms with van der Waals surface area (Å²) in [6.07, 6.45) is 5.11. The Morgan fingerprint density at radius 3 is 2.62 bits per heavy atom. The van der Waals surface area contributed by atoms with Crippen LogP contribution in [0.25, 0.3) is 0 Å². The molecule has 4 heteroatoms. The maximum absolute atomic E-state index is 12.4. The molecule has 1 N–H and O–H groups in total. The van der Waals surface area contributed by atoms with Gasteiger partial charge in [-0.3, -0.25) is 4.79 Å². The van der Waals surface area contributed by atoms with Gasteiger partial charge in [0.25, 0.3) is 5.91 Å². The van der Waals surface area contributed by atoms with Crippen molar-refractivity contribution in [3.05, 3.63) is 59.7 Å². The smallest absolute Gasteiger partial charge is 0.258 e. The Morgan fingerprint density at radius 2 is 1.83 bits per heavy atom. The first-order valence-electron chi connectivity index (χ1n) is 8.56. The van der Waals surface area contributed by atoms with E-state index < -0.39 is 5.72 Å². The fourth-order valence-electron chi connectivity index (χ4n) is 3.47. The number of carbonyl (C=O) groups excluding carboxylic acids is 1. The molecule has 1 fully saturated rings. The van der Waals surface area contributed by atoms with Gasteiger partial charge in [-0.05, 0) is 30.5 Å². The van der Waals surface area contributed by atoms with Crippen LogP contribution in [0.5, 0.6) is 11.5 Å². The van der Waals surface area contributed by atoms with Crippen molar-refractivity contribution in [1.29, 1.82) is 0 Å². The molecule has 2 aromatic rings. The lowest BCUT2D eigenvalue weighted by Gasteiger charge is -2.41. The summed E-state index contributed by atoms with van der Waals surface area (Å²) in [7, 11) is 0. The molecule has 0 atom stereocenters. The molecule has 1 amide bonds. The zero-order valence-corrected chi connectivity index (χ0v) is 13.6. The van der Waals surface area contributed by atoms with Crippen molar-refractivity contribution in [2.45, 2.75) is 44.4 Å². The molecule has 4 nitrogen and oxygen atoms in total. The zero-order chi connectivity index (χ0) is 16.4. The molecule has 2 aliphatic rings. The van der Waals surface area contributed by atoms with Gasteiger partial charge in [-0.25, -0.2) is 0 Å². The second kappa shape index (κ2) is 6.19. The summed E-state index contributed by atoms with van der Waals surface area (Å²) in [6.45, 7) is 0.497. The summed E-state index contributed by atoms with van der Waals surface area (Å²) >= 11 is 0. The van der Waals surface area contributed by atoms with E-state index >= 15 is 0 Å². The number of fused-ring (bicyclic) bond motifs is 1. The van der Waals surface area contributed by atoms with E-state index in [1.165, 1.54) is 6.42 Å². The van der Waals surface area contributed by atoms with Crippen molar-refractivity contribution in [3.8, 4) is 11.5 Å². The lowest BCUT2D eigenvalue weighted by molar-refractivity contribution is -0.00880. The Labute approximate surface area is 141 Å². The highest BCUT2D eigenvalue weighted by Crippen LogP contribution is 2.37. The number of hydrogen-bond acceptors (Lipinski definition) is 3. The van der Waals surface area contributed by atoms with Crippen molar-refractivity contribution in [2.75, 3.05) is 0 Å². The summed E-state index contributed by atoms with van der Waals surface area (Å²) in [6, 6.07) is 15.5. The molecule has 0 aromatic heterocycles. The molecule has 1 heterocycles. The van der Waals surface area contributed by atoms with Crippen molar-refractivity contribution < 1.29 is 14.3 Å². The number of amides is 1. The molecule has 0 saturated heterocycles. The van der Waals surface area contributed by atoms with Crippen molar-refractivity contribution in [1.82, 2.24) is 5.32 Å². The minimum absolute atomic E-state index is 0.0484. The van der Waals surface area contributed by atoms with Crippen LogP contribution in [0.4, 0.5) is 0 Å². The fourth-order valence-corrected chi connectivity index (χ4v) is 3.47. The number of ether oxygens (including phenoxy) is 2. The zero-order valence-electron chi connectivity index (χ0n) is 13.6. The Balaban J connectivity index is 1.53. The van der Waals surface area contributed by atoms with Gasteiger partial charge in [-0.15, -0.1) is 0 Å². The molecular weight excluding hydrogens is 302 g/mol. The van der Waals surface area contributed by atoms with Gasteiger partial charge >= 0.3 is 0 Å². The molecule has 1 spiro atoms. The third kappa shape index (κ3) is 2.96. The van der Waals surface area contributed by atoms with Crippen LogP contribution < -0.4 is 14.8 Å². The Hall–Kier alpha value is -2.49. The minimum atomic E-state index is -0.527. The topological polar surface area (TPSA) is 47.6 Å². The van der Waals surface area contributed by atoms with Gasteiger partial charge in [-0.1, -0.05) is 36.8 Å². The molecule has 24 heavy (non-hydrogen) atoms. The predicted molar refractivity (Wildman–Crippen MR) is 91.1 cm³/mol. The van der Waals surface area contributed by atoms with E-state index in [0.717, 1.165) is 37.0 Å². The summed E-state index contributed by atoms with van der Waals surface area (Å²) in [5.74, 6) is 1.30. The molecular formula is C20H21NO3.